The first-order chi connectivity index (χ1) is 16.1. The van der Waals surface area contributed by atoms with Crippen molar-refractivity contribution in [2.75, 3.05) is 37.9 Å². The van der Waals surface area contributed by atoms with Crippen LogP contribution in [0, 0.1) is 0 Å². The molecule has 1 aromatic heterocycles. The lowest BCUT2D eigenvalue weighted by Gasteiger charge is -2.43. The van der Waals surface area contributed by atoms with Gasteiger partial charge in [-0.25, -0.2) is 4.98 Å². The summed E-state index contributed by atoms with van der Waals surface area (Å²) in [5, 5.41) is 0.760. The molecule has 0 bridgehead atoms. The Kier molecular flexibility index (Phi) is 6.80. The van der Waals surface area contributed by atoms with Crippen LogP contribution in [0.4, 0.5) is 11.8 Å². The van der Waals surface area contributed by atoms with Gasteiger partial charge in [0.25, 0.3) is 0 Å². The third kappa shape index (κ3) is 4.10. The smallest absolute Gasteiger partial charge is 0.227 e. The van der Waals surface area contributed by atoms with E-state index in [1.54, 1.807) is 14.2 Å². The van der Waals surface area contributed by atoms with Crippen LogP contribution in [0.15, 0.2) is 72.8 Å². The number of halogens is 1. The molecule has 5 rings (SSSR count). The number of ether oxygens (including phenoxy) is 2. The number of hydrogen-bond acceptors (Lipinski definition) is 6. The third-order valence-electron chi connectivity index (χ3n) is 6.77. The predicted octanol–water partition coefficient (Wildman–Crippen LogP) is 5.24. The summed E-state index contributed by atoms with van der Waals surface area (Å²) in [5.74, 6) is 2.34. The minimum atomic E-state index is -0.0298. The van der Waals surface area contributed by atoms with Gasteiger partial charge in [-0.1, -0.05) is 60.7 Å². The van der Waals surface area contributed by atoms with E-state index in [-0.39, 0.29) is 17.8 Å². The Morgan fingerprint density at radius 3 is 1.85 bits per heavy atom. The summed E-state index contributed by atoms with van der Waals surface area (Å²) in [6.45, 7) is 1.67. The SMILES string of the molecule is COc1cc2nc(N3CCC(c4ccccc4)(c4ccccc4)CC3)nc(N)c2cc1OC.Cl. The van der Waals surface area contributed by atoms with Crippen LogP contribution in [0.25, 0.3) is 10.9 Å². The average Bonchev–Trinajstić information content (AvgIpc) is 2.89. The molecule has 0 aliphatic carbocycles. The second-order valence-corrected chi connectivity index (χ2v) is 8.43. The summed E-state index contributed by atoms with van der Waals surface area (Å²) >= 11 is 0. The van der Waals surface area contributed by atoms with Crippen molar-refractivity contribution in [3.63, 3.8) is 0 Å². The van der Waals surface area contributed by atoms with E-state index in [0.717, 1.165) is 36.8 Å². The Morgan fingerprint density at radius 1 is 0.794 bits per heavy atom. The van der Waals surface area contributed by atoms with Crippen molar-refractivity contribution in [2.24, 2.45) is 0 Å². The lowest BCUT2D eigenvalue weighted by Crippen LogP contribution is -2.44. The van der Waals surface area contributed by atoms with Crippen LogP contribution in [-0.2, 0) is 5.41 Å². The number of rotatable bonds is 5. The van der Waals surface area contributed by atoms with E-state index >= 15 is 0 Å². The molecule has 1 aliphatic heterocycles. The van der Waals surface area contributed by atoms with Gasteiger partial charge in [-0.15, -0.1) is 12.4 Å². The molecule has 0 saturated carbocycles. The number of nitrogens with two attached hydrogens (primary N) is 1. The fourth-order valence-corrected chi connectivity index (χ4v) is 4.95. The molecule has 0 amide bonds. The standard InChI is InChI=1S/C27H28N4O2.ClH/c1-32-23-17-21-22(18-24(23)33-2)29-26(30-25(21)28)31-15-13-27(14-16-31,19-9-5-3-6-10-19)20-11-7-4-8-12-20;/h3-12,17-18H,13-16H2,1-2H3,(H2,28,29,30);1H. The van der Waals surface area contributed by atoms with E-state index in [9.17, 15) is 0 Å². The number of hydrogen-bond donors (Lipinski definition) is 1. The molecule has 0 atom stereocenters. The fraction of sp³-hybridized carbons (Fsp3) is 0.259. The minimum Gasteiger partial charge on any atom is -0.493 e. The molecule has 2 heterocycles. The Balaban J connectivity index is 0.00000274. The van der Waals surface area contributed by atoms with Crippen molar-refractivity contribution in [2.45, 2.75) is 18.3 Å². The number of piperidine rings is 1. The lowest BCUT2D eigenvalue weighted by molar-refractivity contribution is 0.356. The second-order valence-electron chi connectivity index (χ2n) is 8.43. The van der Waals surface area contributed by atoms with Gasteiger partial charge >= 0.3 is 0 Å². The van der Waals surface area contributed by atoms with Crippen LogP contribution < -0.4 is 20.1 Å². The van der Waals surface area contributed by atoms with Gasteiger partial charge in [-0.2, -0.15) is 4.98 Å². The largest absolute Gasteiger partial charge is 0.493 e. The Hall–Kier alpha value is -3.51. The molecule has 34 heavy (non-hydrogen) atoms. The maximum atomic E-state index is 6.34. The highest BCUT2D eigenvalue weighted by atomic mass is 35.5. The van der Waals surface area contributed by atoms with Gasteiger partial charge in [0, 0.05) is 30.0 Å². The molecular weight excluding hydrogens is 448 g/mol. The van der Waals surface area contributed by atoms with Crippen LogP contribution in [0.2, 0.25) is 0 Å². The predicted molar refractivity (Wildman–Crippen MR) is 139 cm³/mol. The number of benzene rings is 3. The van der Waals surface area contributed by atoms with Crippen molar-refractivity contribution in [3.8, 4) is 11.5 Å². The Labute approximate surface area is 206 Å². The van der Waals surface area contributed by atoms with Gasteiger partial charge in [-0.3, -0.25) is 0 Å². The lowest BCUT2D eigenvalue weighted by atomic mass is 9.68. The summed E-state index contributed by atoms with van der Waals surface area (Å²) in [7, 11) is 3.22. The van der Waals surface area contributed by atoms with Crippen LogP contribution >= 0.6 is 12.4 Å². The highest BCUT2D eigenvalue weighted by molar-refractivity contribution is 5.91. The molecule has 3 aromatic carbocycles. The van der Waals surface area contributed by atoms with Gasteiger partial charge in [0.1, 0.15) is 5.82 Å². The monoisotopic (exact) mass is 476 g/mol. The van der Waals surface area contributed by atoms with Crippen LogP contribution in [-0.4, -0.2) is 37.3 Å². The second kappa shape index (κ2) is 9.77. The first-order valence-corrected chi connectivity index (χ1v) is 11.2. The summed E-state index contributed by atoms with van der Waals surface area (Å²) < 4.78 is 10.9. The normalized spacial score (nSPS) is 14.9. The maximum Gasteiger partial charge on any atom is 0.227 e. The quantitative estimate of drug-likeness (QED) is 0.424. The summed E-state index contributed by atoms with van der Waals surface area (Å²) in [4.78, 5) is 11.7. The van der Waals surface area contributed by atoms with E-state index in [0.29, 0.717) is 23.3 Å². The molecular formula is C27H29ClN4O2. The first-order valence-electron chi connectivity index (χ1n) is 11.2. The zero-order chi connectivity index (χ0) is 22.8. The molecule has 1 fully saturated rings. The van der Waals surface area contributed by atoms with Crippen molar-refractivity contribution in [3.05, 3.63) is 83.9 Å². The number of methoxy groups -OCH3 is 2. The van der Waals surface area contributed by atoms with Crippen molar-refractivity contribution >= 4 is 35.1 Å². The van der Waals surface area contributed by atoms with Gasteiger partial charge in [0.15, 0.2) is 11.5 Å². The van der Waals surface area contributed by atoms with E-state index in [1.807, 2.05) is 12.1 Å². The van der Waals surface area contributed by atoms with Crippen LogP contribution in [0.3, 0.4) is 0 Å². The van der Waals surface area contributed by atoms with E-state index in [1.165, 1.54) is 11.1 Å². The fourth-order valence-electron chi connectivity index (χ4n) is 4.95. The topological polar surface area (TPSA) is 73.5 Å². The first kappa shape index (κ1) is 23.6. The molecule has 176 valence electrons. The number of anilines is 2. The summed E-state index contributed by atoms with van der Waals surface area (Å²) in [5.41, 5.74) is 9.77. The van der Waals surface area contributed by atoms with Crippen LogP contribution in [0.1, 0.15) is 24.0 Å². The zero-order valence-electron chi connectivity index (χ0n) is 19.4. The van der Waals surface area contributed by atoms with Crippen LogP contribution in [0.5, 0.6) is 11.5 Å². The van der Waals surface area contributed by atoms with Gasteiger partial charge in [0.2, 0.25) is 5.95 Å². The van der Waals surface area contributed by atoms with Crippen molar-refractivity contribution in [1.29, 1.82) is 0 Å². The molecule has 0 spiro atoms. The number of nitrogen functional groups attached to an aromatic ring is 1. The Morgan fingerprint density at radius 2 is 1.32 bits per heavy atom. The minimum absolute atomic E-state index is 0. The number of fused-ring (bicyclic) bond motifs is 1. The third-order valence-corrected chi connectivity index (χ3v) is 6.77. The van der Waals surface area contributed by atoms with Gasteiger partial charge in [0.05, 0.1) is 19.7 Å². The Bertz CT molecular complexity index is 1220. The maximum absolute atomic E-state index is 6.34. The highest BCUT2D eigenvalue weighted by Crippen LogP contribution is 2.42. The number of aromatic nitrogens is 2. The summed E-state index contributed by atoms with van der Waals surface area (Å²) in [6.07, 6.45) is 1.93. The van der Waals surface area contributed by atoms with E-state index < -0.39 is 0 Å². The molecule has 1 saturated heterocycles. The molecule has 6 nitrogen and oxygen atoms in total. The molecule has 1 aliphatic rings. The average molecular weight is 477 g/mol. The zero-order valence-corrected chi connectivity index (χ0v) is 20.2. The van der Waals surface area contributed by atoms with E-state index in [4.69, 9.17) is 20.2 Å². The van der Waals surface area contributed by atoms with Gasteiger partial charge in [-0.05, 0) is 30.0 Å². The van der Waals surface area contributed by atoms with Crippen molar-refractivity contribution in [1.82, 2.24) is 9.97 Å². The number of nitrogens with zero attached hydrogens (tertiary/aromatic N) is 3. The molecule has 4 aromatic rings. The molecule has 0 radical (unpaired) electrons. The van der Waals surface area contributed by atoms with E-state index in [2.05, 4.69) is 70.5 Å². The van der Waals surface area contributed by atoms with Crippen molar-refractivity contribution < 1.29 is 9.47 Å². The van der Waals surface area contributed by atoms with Gasteiger partial charge < -0.3 is 20.1 Å². The summed E-state index contributed by atoms with van der Waals surface area (Å²) in [6, 6.07) is 25.3. The molecule has 2 N–H and O–H groups in total. The molecule has 7 heteroatoms. The molecule has 0 unspecified atom stereocenters. The highest BCUT2D eigenvalue weighted by Gasteiger charge is 2.38.